The molecule has 2 N–H and O–H groups in total. The summed E-state index contributed by atoms with van der Waals surface area (Å²) in [4.78, 5) is 25.5. The number of carboxylic acid groups (broad SMARTS) is 1. The summed E-state index contributed by atoms with van der Waals surface area (Å²) >= 11 is 0. The van der Waals surface area contributed by atoms with Gasteiger partial charge in [-0.2, -0.15) is 4.98 Å². The number of nitrogens with zero attached hydrogens (tertiary/aromatic N) is 3. The summed E-state index contributed by atoms with van der Waals surface area (Å²) in [5.74, 6) is -2.38. The molecule has 0 bridgehead atoms. The number of aromatic amines is 1. The number of aromatic carboxylic acids is 1. The largest absolute Gasteiger partial charge is 0.477 e. The van der Waals surface area contributed by atoms with Crippen molar-refractivity contribution in [2.24, 2.45) is 0 Å². The van der Waals surface area contributed by atoms with Gasteiger partial charge in [-0.3, -0.25) is 0 Å². The first-order valence-corrected chi connectivity index (χ1v) is 5.50. The summed E-state index contributed by atoms with van der Waals surface area (Å²) in [6.45, 7) is 0. The van der Waals surface area contributed by atoms with Crippen molar-refractivity contribution in [3.8, 4) is 11.6 Å². The molecule has 0 spiro atoms. The Labute approximate surface area is 111 Å². The summed E-state index contributed by atoms with van der Waals surface area (Å²) in [5.41, 5.74) is 0.204. The second-order valence-electron chi connectivity index (χ2n) is 3.80. The maximum atomic E-state index is 13.5. The van der Waals surface area contributed by atoms with Gasteiger partial charge in [0, 0.05) is 0 Å². The molecule has 3 aromatic rings. The first-order chi connectivity index (χ1) is 9.66. The highest BCUT2D eigenvalue weighted by atomic mass is 19.1. The number of rotatable bonds is 3. The van der Waals surface area contributed by atoms with Crippen molar-refractivity contribution < 1.29 is 19.0 Å². The van der Waals surface area contributed by atoms with E-state index in [2.05, 4.69) is 19.9 Å². The van der Waals surface area contributed by atoms with Gasteiger partial charge in [0.2, 0.25) is 5.88 Å². The van der Waals surface area contributed by atoms with E-state index in [1.807, 2.05) is 0 Å². The van der Waals surface area contributed by atoms with Crippen LogP contribution in [0.5, 0.6) is 11.6 Å². The minimum Gasteiger partial charge on any atom is -0.477 e. The lowest BCUT2D eigenvalue weighted by Gasteiger charge is -2.08. The van der Waals surface area contributed by atoms with Gasteiger partial charge >= 0.3 is 5.97 Å². The predicted molar refractivity (Wildman–Crippen MR) is 65.1 cm³/mol. The van der Waals surface area contributed by atoms with E-state index in [-0.39, 0.29) is 11.6 Å². The molecule has 0 atom stereocenters. The fourth-order valence-corrected chi connectivity index (χ4v) is 1.72. The summed E-state index contributed by atoms with van der Waals surface area (Å²) in [6, 6.07) is 3.74. The maximum absolute atomic E-state index is 13.5. The van der Waals surface area contributed by atoms with E-state index in [1.54, 1.807) is 0 Å². The smallest absolute Gasteiger partial charge is 0.342 e. The molecule has 0 fully saturated rings. The predicted octanol–water partition coefficient (Wildman–Crippen LogP) is 1.98. The zero-order chi connectivity index (χ0) is 14.1. The molecule has 7 nitrogen and oxygen atoms in total. The molecule has 3 rings (SSSR count). The first kappa shape index (κ1) is 12.0. The van der Waals surface area contributed by atoms with Crippen LogP contribution in [0.15, 0.2) is 30.9 Å². The van der Waals surface area contributed by atoms with Gasteiger partial charge in [0.15, 0.2) is 5.65 Å². The topological polar surface area (TPSA) is 101 Å². The quantitative estimate of drug-likeness (QED) is 0.757. The van der Waals surface area contributed by atoms with Crippen molar-refractivity contribution >= 4 is 17.1 Å². The van der Waals surface area contributed by atoms with Crippen molar-refractivity contribution in [3.05, 3.63) is 42.2 Å². The molecule has 0 saturated carbocycles. The van der Waals surface area contributed by atoms with E-state index >= 15 is 0 Å². The number of carboxylic acids is 1. The van der Waals surface area contributed by atoms with Crippen LogP contribution < -0.4 is 4.74 Å². The molecule has 0 amide bonds. The zero-order valence-electron chi connectivity index (χ0n) is 9.87. The van der Waals surface area contributed by atoms with Gasteiger partial charge in [-0.15, -0.1) is 0 Å². The van der Waals surface area contributed by atoms with Crippen LogP contribution >= 0.6 is 0 Å². The normalized spacial score (nSPS) is 10.7. The summed E-state index contributed by atoms with van der Waals surface area (Å²) in [6.07, 6.45) is 2.62. The van der Waals surface area contributed by atoms with Crippen LogP contribution in [0.25, 0.3) is 11.2 Å². The van der Waals surface area contributed by atoms with E-state index in [4.69, 9.17) is 9.84 Å². The van der Waals surface area contributed by atoms with Gasteiger partial charge in [0.1, 0.15) is 29.0 Å². The number of fused-ring (bicyclic) bond motifs is 1. The first-order valence-electron chi connectivity index (χ1n) is 5.50. The molecule has 0 radical (unpaired) electrons. The highest BCUT2D eigenvalue weighted by Gasteiger charge is 2.19. The molecule has 1 aromatic carbocycles. The molecule has 0 saturated heterocycles. The third-order valence-corrected chi connectivity index (χ3v) is 2.58. The van der Waals surface area contributed by atoms with Crippen LogP contribution in [0.3, 0.4) is 0 Å². The van der Waals surface area contributed by atoms with Gasteiger partial charge < -0.3 is 14.8 Å². The molecule has 2 heterocycles. The average molecular weight is 274 g/mol. The Kier molecular flexibility index (Phi) is 2.75. The zero-order valence-corrected chi connectivity index (χ0v) is 9.87. The third-order valence-electron chi connectivity index (χ3n) is 2.58. The van der Waals surface area contributed by atoms with Crippen molar-refractivity contribution in [2.75, 3.05) is 0 Å². The monoisotopic (exact) mass is 274 g/mol. The average Bonchev–Trinajstić information content (AvgIpc) is 2.87. The van der Waals surface area contributed by atoms with E-state index in [9.17, 15) is 9.18 Å². The number of nitrogens with one attached hydrogen (secondary N) is 1. The lowest BCUT2D eigenvalue weighted by molar-refractivity contribution is 0.0689. The molecule has 2 aromatic heterocycles. The Morgan fingerprint density at radius 2 is 2.15 bits per heavy atom. The maximum Gasteiger partial charge on any atom is 0.342 e. The molecule has 0 aliphatic heterocycles. The third kappa shape index (κ3) is 1.92. The number of hydrogen-bond donors (Lipinski definition) is 2. The summed E-state index contributed by atoms with van der Waals surface area (Å²) < 4.78 is 18.9. The number of halogens is 1. The number of hydrogen-bond acceptors (Lipinski definition) is 5. The van der Waals surface area contributed by atoms with E-state index < -0.39 is 17.3 Å². The highest BCUT2D eigenvalue weighted by Crippen LogP contribution is 2.28. The van der Waals surface area contributed by atoms with Crippen LogP contribution in [-0.2, 0) is 0 Å². The second-order valence-corrected chi connectivity index (χ2v) is 3.80. The minimum atomic E-state index is -1.42. The Hall–Kier alpha value is -3.03. The van der Waals surface area contributed by atoms with Crippen LogP contribution in [0, 0.1) is 5.82 Å². The molecule has 0 aliphatic carbocycles. The Balaban J connectivity index is 2.10. The summed E-state index contributed by atoms with van der Waals surface area (Å²) in [5, 5.41) is 9.02. The fourth-order valence-electron chi connectivity index (χ4n) is 1.72. The van der Waals surface area contributed by atoms with Crippen LogP contribution in [0.1, 0.15) is 10.4 Å². The van der Waals surface area contributed by atoms with Gasteiger partial charge in [0.25, 0.3) is 0 Å². The van der Waals surface area contributed by atoms with Gasteiger partial charge in [0.05, 0.1) is 6.33 Å². The van der Waals surface area contributed by atoms with Gasteiger partial charge in [-0.25, -0.2) is 19.2 Å². The Bertz CT molecular complexity index is 802. The SMILES string of the molecule is O=C(O)c1c(F)cccc1Oc1ncnc2nc[nH]c12. The molecule has 0 unspecified atom stereocenters. The van der Waals surface area contributed by atoms with Crippen molar-refractivity contribution in [1.82, 2.24) is 19.9 Å². The molecule has 20 heavy (non-hydrogen) atoms. The van der Waals surface area contributed by atoms with E-state index in [1.165, 1.54) is 24.8 Å². The van der Waals surface area contributed by atoms with Crippen molar-refractivity contribution in [3.63, 3.8) is 0 Å². The van der Waals surface area contributed by atoms with Crippen molar-refractivity contribution in [1.29, 1.82) is 0 Å². The molecule has 0 aliphatic rings. The minimum absolute atomic E-state index is 0.0700. The number of H-pyrrole nitrogens is 1. The number of imidazole rings is 1. The Morgan fingerprint density at radius 1 is 1.30 bits per heavy atom. The van der Waals surface area contributed by atoms with Gasteiger partial charge in [-0.1, -0.05) is 6.07 Å². The van der Waals surface area contributed by atoms with E-state index in [0.717, 1.165) is 6.07 Å². The van der Waals surface area contributed by atoms with Crippen LogP contribution in [0.4, 0.5) is 4.39 Å². The lowest BCUT2D eigenvalue weighted by atomic mass is 10.2. The highest BCUT2D eigenvalue weighted by molar-refractivity contribution is 5.91. The lowest BCUT2D eigenvalue weighted by Crippen LogP contribution is -2.04. The second kappa shape index (κ2) is 4.57. The molecule has 100 valence electrons. The number of aromatic nitrogens is 4. The Morgan fingerprint density at radius 3 is 2.95 bits per heavy atom. The van der Waals surface area contributed by atoms with Gasteiger partial charge in [-0.05, 0) is 12.1 Å². The van der Waals surface area contributed by atoms with Crippen molar-refractivity contribution in [2.45, 2.75) is 0 Å². The van der Waals surface area contributed by atoms with E-state index in [0.29, 0.717) is 11.2 Å². The van der Waals surface area contributed by atoms with Crippen LogP contribution in [-0.4, -0.2) is 31.0 Å². The fraction of sp³-hybridized carbons (Fsp3) is 0. The number of ether oxygens (including phenoxy) is 1. The number of carbonyl (C=O) groups is 1. The van der Waals surface area contributed by atoms with Crippen LogP contribution in [0.2, 0.25) is 0 Å². The summed E-state index contributed by atoms with van der Waals surface area (Å²) in [7, 11) is 0. The standard InChI is InChI=1S/C12H7FN4O3/c13-6-2-1-3-7(8(6)12(18)19)20-11-9-10(15-4-14-9)16-5-17-11/h1-5H,(H,18,19)(H,14,15,16,17). The molecular weight excluding hydrogens is 267 g/mol. The molecular formula is C12H7FN4O3. The number of benzene rings is 1. The molecule has 8 heteroatoms.